The van der Waals surface area contributed by atoms with Crippen LogP contribution >= 0.6 is 0 Å². The van der Waals surface area contributed by atoms with Gasteiger partial charge >= 0.3 is 0 Å². The number of hydrogen-bond acceptors (Lipinski definition) is 3. The number of carbonyl (C=O) groups excluding carboxylic acids is 1. The minimum absolute atomic E-state index is 0.0147. The van der Waals surface area contributed by atoms with Gasteiger partial charge in [0.1, 0.15) is 17.5 Å². The largest absolute Gasteiger partial charge is 0.303 e. The number of nitrogens with zero attached hydrogens (tertiary/aromatic N) is 3. The van der Waals surface area contributed by atoms with Gasteiger partial charge in [0.05, 0.1) is 0 Å². The Bertz CT molecular complexity index is 966. The predicted molar refractivity (Wildman–Crippen MR) is 123 cm³/mol. The lowest BCUT2D eigenvalue weighted by molar-refractivity contribution is -0.131. The smallest absolute Gasteiger partial charge is 0.260 e. The molecule has 0 unspecified atom stereocenters. The highest BCUT2D eigenvalue weighted by Gasteiger charge is 2.46. The SMILES string of the molecule is CC[C@]1(c2ccc(F)cc2)N=C(C)N(CCCN2CCC(c3ccc(F)cc3)CC2)C1=O. The number of amidine groups is 1. The summed E-state index contributed by atoms with van der Waals surface area (Å²) in [5.74, 6) is 0.705. The van der Waals surface area contributed by atoms with Crippen LogP contribution in [0.15, 0.2) is 53.5 Å². The predicted octanol–water partition coefficient (Wildman–Crippen LogP) is 5.10. The maximum Gasteiger partial charge on any atom is 0.260 e. The standard InChI is InChI=1S/C26H31F2N3O/c1-3-26(22-7-11-24(28)12-8-22)25(32)31(19(2)29-26)16-4-15-30-17-13-21(14-18-30)20-5-9-23(27)10-6-20/h5-12,21H,3-4,13-18H2,1-2H3/t26-/m1/s1. The molecule has 0 aliphatic carbocycles. The van der Waals surface area contributed by atoms with Gasteiger partial charge < -0.3 is 4.90 Å². The number of aliphatic imine (C=N–C) groups is 1. The Hall–Kier alpha value is -2.60. The Morgan fingerprint density at radius 3 is 2.16 bits per heavy atom. The quantitative estimate of drug-likeness (QED) is 0.602. The lowest BCUT2D eigenvalue weighted by Gasteiger charge is -2.32. The van der Waals surface area contributed by atoms with Crippen LogP contribution in [-0.2, 0) is 10.3 Å². The van der Waals surface area contributed by atoms with Gasteiger partial charge in [-0.2, -0.15) is 0 Å². The normalized spacial score (nSPS) is 22.4. The molecule has 2 aromatic carbocycles. The Morgan fingerprint density at radius 2 is 1.56 bits per heavy atom. The summed E-state index contributed by atoms with van der Waals surface area (Å²) in [6.45, 7) is 7.42. The summed E-state index contributed by atoms with van der Waals surface area (Å²) in [6, 6.07) is 13.0. The summed E-state index contributed by atoms with van der Waals surface area (Å²) in [7, 11) is 0. The second-order valence-corrected chi connectivity index (χ2v) is 8.86. The number of benzene rings is 2. The van der Waals surface area contributed by atoms with Gasteiger partial charge in [0.2, 0.25) is 0 Å². The van der Waals surface area contributed by atoms with E-state index in [1.165, 1.54) is 17.7 Å². The molecule has 6 heteroatoms. The average molecular weight is 440 g/mol. The molecule has 0 aromatic heterocycles. The van der Waals surface area contributed by atoms with E-state index in [-0.39, 0.29) is 17.5 Å². The van der Waals surface area contributed by atoms with Crippen molar-refractivity contribution in [2.45, 2.75) is 51.0 Å². The molecular formula is C26H31F2N3O. The van der Waals surface area contributed by atoms with Crippen molar-refractivity contribution in [2.75, 3.05) is 26.2 Å². The first-order valence-corrected chi connectivity index (χ1v) is 11.5. The van der Waals surface area contributed by atoms with E-state index in [0.717, 1.165) is 50.3 Å². The molecule has 2 heterocycles. The minimum Gasteiger partial charge on any atom is -0.303 e. The number of halogens is 2. The molecule has 32 heavy (non-hydrogen) atoms. The van der Waals surface area contributed by atoms with Crippen LogP contribution in [0.1, 0.15) is 56.6 Å². The maximum atomic E-state index is 13.4. The Kier molecular flexibility index (Phi) is 6.70. The number of amides is 1. The van der Waals surface area contributed by atoms with Crippen molar-refractivity contribution in [3.05, 3.63) is 71.3 Å². The van der Waals surface area contributed by atoms with Crippen LogP contribution in [0.5, 0.6) is 0 Å². The van der Waals surface area contributed by atoms with E-state index in [1.807, 2.05) is 26.0 Å². The van der Waals surface area contributed by atoms with E-state index in [0.29, 0.717) is 18.9 Å². The van der Waals surface area contributed by atoms with E-state index >= 15 is 0 Å². The van der Waals surface area contributed by atoms with Crippen LogP contribution in [0.3, 0.4) is 0 Å². The molecule has 1 amide bonds. The Labute approximate surface area is 188 Å². The number of piperidine rings is 1. The van der Waals surface area contributed by atoms with Gasteiger partial charge in [0.25, 0.3) is 5.91 Å². The maximum absolute atomic E-state index is 13.4. The molecule has 0 saturated carbocycles. The second-order valence-electron chi connectivity index (χ2n) is 8.86. The van der Waals surface area contributed by atoms with E-state index in [2.05, 4.69) is 4.90 Å². The molecule has 2 aliphatic rings. The molecule has 0 spiro atoms. The van der Waals surface area contributed by atoms with Crippen LogP contribution in [0.2, 0.25) is 0 Å². The average Bonchev–Trinajstić information content (AvgIpc) is 3.06. The van der Waals surface area contributed by atoms with Crippen molar-refractivity contribution in [1.29, 1.82) is 0 Å². The fourth-order valence-corrected chi connectivity index (χ4v) is 5.04. The lowest BCUT2D eigenvalue weighted by Crippen LogP contribution is -2.42. The zero-order valence-corrected chi connectivity index (χ0v) is 18.9. The van der Waals surface area contributed by atoms with Crippen LogP contribution < -0.4 is 0 Å². The van der Waals surface area contributed by atoms with Gasteiger partial charge in [-0.15, -0.1) is 0 Å². The number of likely N-dealkylation sites (tertiary alicyclic amines) is 1. The first kappa shape index (κ1) is 22.6. The first-order chi connectivity index (χ1) is 15.4. The molecule has 170 valence electrons. The fraction of sp³-hybridized carbons (Fsp3) is 0.462. The second kappa shape index (κ2) is 9.49. The third-order valence-electron chi connectivity index (χ3n) is 6.96. The molecule has 0 radical (unpaired) electrons. The molecule has 0 N–H and O–H groups in total. The van der Waals surface area contributed by atoms with Gasteiger partial charge in [-0.3, -0.25) is 14.7 Å². The number of carbonyl (C=O) groups is 1. The highest BCUT2D eigenvalue weighted by molar-refractivity contribution is 6.07. The molecule has 1 fully saturated rings. The van der Waals surface area contributed by atoms with Crippen molar-refractivity contribution in [3.63, 3.8) is 0 Å². The van der Waals surface area contributed by atoms with Gasteiger partial charge in [0.15, 0.2) is 5.54 Å². The molecule has 4 nitrogen and oxygen atoms in total. The van der Waals surface area contributed by atoms with Crippen molar-refractivity contribution in [2.24, 2.45) is 4.99 Å². The van der Waals surface area contributed by atoms with Crippen LogP contribution in [0, 0.1) is 11.6 Å². The topological polar surface area (TPSA) is 35.9 Å². The van der Waals surface area contributed by atoms with Gasteiger partial charge in [-0.05, 0) is 93.6 Å². The highest BCUT2D eigenvalue weighted by atomic mass is 19.1. The van der Waals surface area contributed by atoms with E-state index in [1.54, 1.807) is 29.2 Å². The van der Waals surface area contributed by atoms with Gasteiger partial charge in [-0.25, -0.2) is 8.78 Å². The first-order valence-electron chi connectivity index (χ1n) is 11.5. The molecule has 2 aromatic rings. The molecule has 1 atom stereocenters. The van der Waals surface area contributed by atoms with E-state index in [9.17, 15) is 13.6 Å². The third kappa shape index (κ3) is 4.46. The van der Waals surface area contributed by atoms with Crippen LogP contribution in [0.25, 0.3) is 0 Å². The molecular weight excluding hydrogens is 408 g/mol. The van der Waals surface area contributed by atoms with Crippen molar-refractivity contribution in [3.8, 4) is 0 Å². The van der Waals surface area contributed by atoms with Crippen molar-refractivity contribution in [1.82, 2.24) is 9.80 Å². The van der Waals surface area contributed by atoms with Gasteiger partial charge in [-0.1, -0.05) is 31.2 Å². The monoisotopic (exact) mass is 439 g/mol. The number of hydrogen-bond donors (Lipinski definition) is 0. The summed E-state index contributed by atoms with van der Waals surface area (Å²) in [5.41, 5.74) is 1.03. The fourth-order valence-electron chi connectivity index (χ4n) is 5.04. The summed E-state index contributed by atoms with van der Waals surface area (Å²) < 4.78 is 26.5. The third-order valence-corrected chi connectivity index (χ3v) is 6.96. The van der Waals surface area contributed by atoms with Gasteiger partial charge in [0, 0.05) is 6.54 Å². The van der Waals surface area contributed by atoms with Crippen LogP contribution in [0.4, 0.5) is 8.78 Å². The van der Waals surface area contributed by atoms with Crippen LogP contribution in [-0.4, -0.2) is 47.7 Å². The minimum atomic E-state index is -0.939. The molecule has 2 aliphatic heterocycles. The molecule has 1 saturated heterocycles. The summed E-state index contributed by atoms with van der Waals surface area (Å²) in [5, 5.41) is 0. The number of rotatable bonds is 7. The highest BCUT2D eigenvalue weighted by Crippen LogP contribution is 2.37. The van der Waals surface area contributed by atoms with Crippen molar-refractivity contribution < 1.29 is 13.6 Å². The Morgan fingerprint density at radius 1 is 0.969 bits per heavy atom. The van der Waals surface area contributed by atoms with Crippen molar-refractivity contribution >= 4 is 11.7 Å². The summed E-state index contributed by atoms with van der Waals surface area (Å²) in [4.78, 5) is 22.3. The zero-order chi connectivity index (χ0) is 22.7. The summed E-state index contributed by atoms with van der Waals surface area (Å²) in [6.07, 6.45) is 3.56. The van der Waals surface area contributed by atoms with E-state index in [4.69, 9.17) is 4.99 Å². The molecule has 4 rings (SSSR count). The molecule has 0 bridgehead atoms. The summed E-state index contributed by atoms with van der Waals surface area (Å²) >= 11 is 0. The lowest BCUT2D eigenvalue weighted by atomic mass is 9.87. The Balaban J connectivity index is 1.30. The van der Waals surface area contributed by atoms with E-state index < -0.39 is 5.54 Å². The zero-order valence-electron chi connectivity index (χ0n) is 18.9.